The number of hydrogen-bond donors (Lipinski definition) is 1. The molecule has 0 spiro atoms. The van der Waals surface area contributed by atoms with Crippen molar-refractivity contribution >= 4 is 0 Å². The SMILES string of the molecule is COc1cc2c(cc1OC)C(Cc1cccc(OC)c1OC)NCC2. The predicted octanol–water partition coefficient (Wildman–Crippen LogP) is 3.15. The zero-order valence-corrected chi connectivity index (χ0v) is 15.2. The van der Waals surface area contributed by atoms with E-state index in [-0.39, 0.29) is 6.04 Å². The number of fused-ring (bicyclic) bond motifs is 1. The molecule has 0 amide bonds. The summed E-state index contributed by atoms with van der Waals surface area (Å²) in [7, 11) is 6.68. The van der Waals surface area contributed by atoms with Gasteiger partial charge in [-0.2, -0.15) is 0 Å². The van der Waals surface area contributed by atoms with E-state index in [4.69, 9.17) is 18.9 Å². The van der Waals surface area contributed by atoms with E-state index in [0.29, 0.717) is 0 Å². The van der Waals surface area contributed by atoms with Crippen LogP contribution in [0.1, 0.15) is 22.7 Å². The van der Waals surface area contributed by atoms with Crippen molar-refractivity contribution in [3.8, 4) is 23.0 Å². The van der Waals surface area contributed by atoms with E-state index in [1.807, 2.05) is 12.1 Å². The molecule has 5 nitrogen and oxygen atoms in total. The zero-order valence-electron chi connectivity index (χ0n) is 15.2. The minimum Gasteiger partial charge on any atom is -0.493 e. The van der Waals surface area contributed by atoms with Gasteiger partial charge in [0.1, 0.15) is 0 Å². The molecular weight excluding hydrogens is 318 g/mol. The number of hydrogen-bond acceptors (Lipinski definition) is 5. The molecule has 1 unspecified atom stereocenters. The lowest BCUT2D eigenvalue weighted by molar-refractivity contribution is 0.347. The van der Waals surface area contributed by atoms with Crippen LogP contribution in [0.15, 0.2) is 30.3 Å². The molecule has 134 valence electrons. The average Bonchev–Trinajstić information content (AvgIpc) is 2.66. The Hall–Kier alpha value is -2.40. The third kappa shape index (κ3) is 3.37. The van der Waals surface area contributed by atoms with Crippen molar-refractivity contribution in [1.29, 1.82) is 0 Å². The molecule has 0 saturated heterocycles. The molecule has 1 heterocycles. The van der Waals surface area contributed by atoms with Crippen LogP contribution in [0.3, 0.4) is 0 Å². The van der Waals surface area contributed by atoms with E-state index in [9.17, 15) is 0 Å². The van der Waals surface area contributed by atoms with Gasteiger partial charge in [-0.05, 0) is 54.3 Å². The van der Waals surface area contributed by atoms with Gasteiger partial charge >= 0.3 is 0 Å². The Labute approximate surface area is 148 Å². The maximum absolute atomic E-state index is 5.58. The summed E-state index contributed by atoms with van der Waals surface area (Å²) in [6, 6.07) is 10.3. The van der Waals surface area contributed by atoms with Gasteiger partial charge in [0.05, 0.1) is 28.4 Å². The topological polar surface area (TPSA) is 49.0 Å². The van der Waals surface area contributed by atoms with Gasteiger partial charge in [0, 0.05) is 6.04 Å². The molecule has 0 fully saturated rings. The van der Waals surface area contributed by atoms with Crippen LogP contribution >= 0.6 is 0 Å². The van der Waals surface area contributed by atoms with Gasteiger partial charge in [0.15, 0.2) is 23.0 Å². The Morgan fingerprint density at radius 3 is 2.32 bits per heavy atom. The van der Waals surface area contributed by atoms with Gasteiger partial charge in [-0.1, -0.05) is 12.1 Å². The molecule has 3 rings (SSSR count). The van der Waals surface area contributed by atoms with E-state index < -0.39 is 0 Å². The molecule has 0 aliphatic carbocycles. The second-order valence-electron chi connectivity index (χ2n) is 6.02. The zero-order chi connectivity index (χ0) is 17.8. The van der Waals surface area contributed by atoms with E-state index in [2.05, 4.69) is 23.5 Å². The first kappa shape index (κ1) is 17.4. The van der Waals surface area contributed by atoms with Gasteiger partial charge in [-0.15, -0.1) is 0 Å². The normalized spacial score (nSPS) is 16.1. The Balaban J connectivity index is 1.97. The highest BCUT2D eigenvalue weighted by Gasteiger charge is 2.24. The molecule has 1 atom stereocenters. The number of rotatable bonds is 6. The van der Waals surface area contributed by atoms with Crippen LogP contribution < -0.4 is 24.3 Å². The predicted molar refractivity (Wildman–Crippen MR) is 97.2 cm³/mol. The van der Waals surface area contributed by atoms with Crippen LogP contribution in [-0.2, 0) is 12.8 Å². The fourth-order valence-corrected chi connectivity index (χ4v) is 3.49. The van der Waals surface area contributed by atoms with Gasteiger partial charge in [-0.25, -0.2) is 0 Å². The highest BCUT2D eigenvalue weighted by Crippen LogP contribution is 2.38. The Morgan fingerprint density at radius 1 is 0.920 bits per heavy atom. The van der Waals surface area contributed by atoms with Gasteiger partial charge in [0.2, 0.25) is 0 Å². The monoisotopic (exact) mass is 343 g/mol. The molecule has 25 heavy (non-hydrogen) atoms. The third-order valence-corrected chi connectivity index (χ3v) is 4.71. The molecule has 0 bridgehead atoms. The summed E-state index contributed by atoms with van der Waals surface area (Å²) in [5, 5.41) is 3.61. The quantitative estimate of drug-likeness (QED) is 0.873. The summed E-state index contributed by atoms with van der Waals surface area (Å²) in [6.07, 6.45) is 1.78. The molecule has 0 radical (unpaired) electrons. The van der Waals surface area contributed by atoms with E-state index in [1.54, 1.807) is 28.4 Å². The van der Waals surface area contributed by atoms with Crippen molar-refractivity contribution in [3.63, 3.8) is 0 Å². The van der Waals surface area contributed by atoms with Crippen LogP contribution in [0.5, 0.6) is 23.0 Å². The minimum absolute atomic E-state index is 0.185. The first-order chi connectivity index (χ1) is 12.2. The van der Waals surface area contributed by atoms with Gasteiger partial charge in [-0.3, -0.25) is 0 Å². The van der Waals surface area contributed by atoms with Crippen molar-refractivity contribution < 1.29 is 18.9 Å². The van der Waals surface area contributed by atoms with E-state index >= 15 is 0 Å². The third-order valence-electron chi connectivity index (χ3n) is 4.71. The molecule has 1 aliphatic heterocycles. The number of para-hydroxylation sites is 1. The smallest absolute Gasteiger partial charge is 0.163 e. The maximum atomic E-state index is 5.58. The summed E-state index contributed by atoms with van der Waals surface area (Å²) >= 11 is 0. The highest BCUT2D eigenvalue weighted by molar-refractivity contribution is 5.51. The van der Waals surface area contributed by atoms with Crippen LogP contribution in [-0.4, -0.2) is 35.0 Å². The first-order valence-electron chi connectivity index (χ1n) is 8.39. The lowest BCUT2D eigenvalue weighted by Gasteiger charge is -2.29. The highest BCUT2D eigenvalue weighted by atomic mass is 16.5. The van der Waals surface area contributed by atoms with Gasteiger partial charge < -0.3 is 24.3 Å². The molecule has 2 aromatic rings. The second-order valence-corrected chi connectivity index (χ2v) is 6.02. The molecule has 1 aliphatic rings. The van der Waals surface area contributed by atoms with Crippen LogP contribution in [0.25, 0.3) is 0 Å². The fraction of sp³-hybridized carbons (Fsp3) is 0.400. The van der Waals surface area contributed by atoms with Crippen molar-refractivity contribution in [3.05, 3.63) is 47.0 Å². The van der Waals surface area contributed by atoms with Crippen LogP contribution in [0.2, 0.25) is 0 Å². The average molecular weight is 343 g/mol. The van der Waals surface area contributed by atoms with Crippen LogP contribution in [0.4, 0.5) is 0 Å². The summed E-state index contributed by atoms with van der Waals surface area (Å²) < 4.78 is 21.9. The van der Waals surface area contributed by atoms with Gasteiger partial charge in [0.25, 0.3) is 0 Å². The maximum Gasteiger partial charge on any atom is 0.163 e. The number of benzene rings is 2. The Kier molecular flexibility index (Phi) is 5.34. The summed E-state index contributed by atoms with van der Waals surface area (Å²) in [5.74, 6) is 3.08. The van der Waals surface area contributed by atoms with Crippen LogP contribution in [0, 0.1) is 0 Å². The van der Waals surface area contributed by atoms with Crippen molar-refractivity contribution in [2.24, 2.45) is 0 Å². The first-order valence-corrected chi connectivity index (χ1v) is 8.39. The molecule has 0 aromatic heterocycles. The fourth-order valence-electron chi connectivity index (χ4n) is 3.49. The van der Waals surface area contributed by atoms with E-state index in [1.165, 1.54) is 11.1 Å². The van der Waals surface area contributed by atoms with Crippen molar-refractivity contribution in [1.82, 2.24) is 5.32 Å². The summed E-state index contributed by atoms with van der Waals surface area (Å²) in [4.78, 5) is 0. The Bertz CT molecular complexity index is 745. The number of methoxy groups -OCH3 is 4. The minimum atomic E-state index is 0.185. The lowest BCUT2D eigenvalue weighted by Crippen LogP contribution is -2.31. The summed E-state index contributed by atoms with van der Waals surface area (Å²) in [6.45, 7) is 0.930. The standard InChI is InChI=1S/C20H25NO4/c1-22-17-7-5-6-14(20(17)25-4)10-16-15-12-19(24-3)18(23-2)11-13(15)8-9-21-16/h5-7,11-12,16,21H,8-10H2,1-4H3. The molecular formula is C20H25NO4. The Morgan fingerprint density at radius 2 is 1.64 bits per heavy atom. The second kappa shape index (κ2) is 7.66. The lowest BCUT2D eigenvalue weighted by atomic mass is 9.89. The molecule has 0 saturated carbocycles. The summed E-state index contributed by atoms with van der Waals surface area (Å²) in [5.41, 5.74) is 3.65. The molecule has 2 aromatic carbocycles. The van der Waals surface area contributed by atoms with Crippen molar-refractivity contribution in [2.75, 3.05) is 35.0 Å². The number of nitrogens with one attached hydrogen (secondary N) is 1. The molecule has 5 heteroatoms. The van der Waals surface area contributed by atoms with Crippen molar-refractivity contribution in [2.45, 2.75) is 18.9 Å². The number of ether oxygens (including phenoxy) is 4. The molecule has 1 N–H and O–H groups in total. The largest absolute Gasteiger partial charge is 0.493 e. The van der Waals surface area contributed by atoms with E-state index in [0.717, 1.165) is 47.9 Å².